The maximum Gasteiger partial charge on any atom is 0.234 e. The van der Waals surface area contributed by atoms with E-state index in [1.807, 2.05) is 31.2 Å². The molecule has 1 fully saturated rings. The van der Waals surface area contributed by atoms with Crippen LogP contribution in [0.25, 0.3) is 0 Å². The molecular formula is C13H19N3O. The number of benzene rings is 1. The Bertz CT molecular complexity index is 415. The quantitative estimate of drug-likeness (QED) is 0.748. The van der Waals surface area contributed by atoms with Crippen molar-refractivity contribution in [3.05, 3.63) is 29.8 Å². The van der Waals surface area contributed by atoms with Gasteiger partial charge in [0.2, 0.25) is 5.91 Å². The Morgan fingerprint density at radius 1 is 1.47 bits per heavy atom. The third-order valence-electron chi connectivity index (χ3n) is 3.33. The van der Waals surface area contributed by atoms with E-state index >= 15 is 0 Å². The van der Waals surface area contributed by atoms with Gasteiger partial charge in [-0.2, -0.15) is 0 Å². The highest BCUT2D eigenvalue weighted by atomic mass is 16.1. The first-order chi connectivity index (χ1) is 8.09. The molecule has 4 heteroatoms. The lowest BCUT2D eigenvalue weighted by atomic mass is 10.1. The average molecular weight is 233 g/mol. The highest BCUT2D eigenvalue weighted by Crippen LogP contribution is 2.30. The van der Waals surface area contributed by atoms with Gasteiger partial charge in [0.25, 0.3) is 0 Å². The Hall–Kier alpha value is -1.55. The molecule has 17 heavy (non-hydrogen) atoms. The molecule has 0 aromatic heterocycles. The number of hydrogen-bond donors (Lipinski definition) is 2. The van der Waals surface area contributed by atoms with Crippen LogP contribution in [0, 0.1) is 0 Å². The van der Waals surface area contributed by atoms with Gasteiger partial charge in [-0.25, -0.2) is 0 Å². The van der Waals surface area contributed by atoms with Gasteiger partial charge in [0, 0.05) is 18.3 Å². The average Bonchev–Trinajstić information content (AvgIpc) is 3.11. The number of nitrogen functional groups attached to an aromatic ring is 1. The van der Waals surface area contributed by atoms with Gasteiger partial charge in [-0.1, -0.05) is 18.2 Å². The van der Waals surface area contributed by atoms with Crippen LogP contribution >= 0.6 is 0 Å². The van der Waals surface area contributed by atoms with Crippen LogP contribution in [0.2, 0.25) is 0 Å². The van der Waals surface area contributed by atoms with Crippen LogP contribution in [0.15, 0.2) is 24.3 Å². The van der Waals surface area contributed by atoms with Crippen molar-refractivity contribution in [2.75, 3.05) is 5.73 Å². The normalized spacial score (nSPS) is 17.1. The molecule has 0 bridgehead atoms. The summed E-state index contributed by atoms with van der Waals surface area (Å²) in [6, 6.07) is 8.01. The molecule has 4 nitrogen and oxygen atoms in total. The van der Waals surface area contributed by atoms with Crippen molar-refractivity contribution in [3.8, 4) is 0 Å². The maximum absolute atomic E-state index is 11.3. The number of carbonyl (C=O) groups is 1. The molecule has 0 radical (unpaired) electrons. The van der Waals surface area contributed by atoms with Crippen molar-refractivity contribution in [2.45, 2.75) is 38.4 Å². The Kier molecular flexibility index (Phi) is 3.33. The minimum Gasteiger partial charge on any atom is -0.398 e. The van der Waals surface area contributed by atoms with E-state index in [9.17, 15) is 4.79 Å². The van der Waals surface area contributed by atoms with Crippen LogP contribution in [0.1, 0.15) is 25.3 Å². The van der Waals surface area contributed by atoms with E-state index < -0.39 is 0 Å². The Morgan fingerprint density at radius 3 is 2.65 bits per heavy atom. The zero-order valence-corrected chi connectivity index (χ0v) is 10.1. The number of primary amides is 1. The summed E-state index contributed by atoms with van der Waals surface area (Å²) in [6.07, 6.45) is 2.29. The SMILES string of the molecule is CC(C(N)=O)N(Cc1ccccc1N)C1CC1. The molecule has 1 aromatic rings. The molecule has 1 unspecified atom stereocenters. The number of carbonyl (C=O) groups excluding carboxylic acids is 1. The fourth-order valence-corrected chi connectivity index (χ4v) is 2.03. The van der Waals surface area contributed by atoms with Crippen molar-refractivity contribution < 1.29 is 4.79 Å². The highest BCUT2D eigenvalue weighted by Gasteiger charge is 2.34. The van der Waals surface area contributed by atoms with Crippen LogP contribution < -0.4 is 11.5 Å². The van der Waals surface area contributed by atoms with Crippen LogP contribution in [0.3, 0.4) is 0 Å². The minimum atomic E-state index is -0.272. The van der Waals surface area contributed by atoms with Gasteiger partial charge in [0.1, 0.15) is 0 Å². The summed E-state index contributed by atoms with van der Waals surface area (Å²) in [5, 5.41) is 0. The zero-order chi connectivity index (χ0) is 12.4. The first kappa shape index (κ1) is 11.9. The summed E-state index contributed by atoms with van der Waals surface area (Å²) < 4.78 is 0. The molecule has 1 aliphatic rings. The fourth-order valence-electron chi connectivity index (χ4n) is 2.03. The molecule has 1 saturated carbocycles. The monoisotopic (exact) mass is 233 g/mol. The van der Waals surface area contributed by atoms with E-state index in [-0.39, 0.29) is 11.9 Å². The highest BCUT2D eigenvalue weighted by molar-refractivity contribution is 5.79. The lowest BCUT2D eigenvalue weighted by Crippen LogP contribution is -2.43. The lowest BCUT2D eigenvalue weighted by Gasteiger charge is -2.27. The number of anilines is 1. The van der Waals surface area contributed by atoms with E-state index in [1.165, 1.54) is 0 Å². The van der Waals surface area contributed by atoms with Crippen molar-refractivity contribution in [2.24, 2.45) is 5.73 Å². The van der Waals surface area contributed by atoms with Gasteiger partial charge in [0.05, 0.1) is 6.04 Å². The predicted octanol–water partition coefficient (Wildman–Crippen LogP) is 1.11. The van der Waals surface area contributed by atoms with Crippen molar-refractivity contribution in [3.63, 3.8) is 0 Å². The summed E-state index contributed by atoms with van der Waals surface area (Å²) in [5.74, 6) is -0.272. The van der Waals surface area contributed by atoms with Crippen molar-refractivity contribution in [1.82, 2.24) is 4.90 Å². The van der Waals surface area contributed by atoms with Gasteiger partial charge < -0.3 is 11.5 Å². The van der Waals surface area contributed by atoms with Crippen molar-refractivity contribution >= 4 is 11.6 Å². The lowest BCUT2D eigenvalue weighted by molar-refractivity contribution is -0.123. The molecule has 1 atom stereocenters. The molecule has 92 valence electrons. The van der Waals surface area contributed by atoms with Gasteiger partial charge >= 0.3 is 0 Å². The number of nitrogens with two attached hydrogens (primary N) is 2. The van der Waals surface area contributed by atoms with Crippen LogP contribution in [0.4, 0.5) is 5.69 Å². The first-order valence-corrected chi connectivity index (χ1v) is 5.98. The molecule has 0 spiro atoms. The topological polar surface area (TPSA) is 72.4 Å². The zero-order valence-electron chi connectivity index (χ0n) is 10.1. The fraction of sp³-hybridized carbons (Fsp3) is 0.462. The first-order valence-electron chi connectivity index (χ1n) is 5.98. The van der Waals surface area contributed by atoms with E-state index in [4.69, 9.17) is 11.5 Å². The predicted molar refractivity (Wildman–Crippen MR) is 68.1 cm³/mol. The molecular weight excluding hydrogens is 214 g/mol. The molecule has 1 aromatic carbocycles. The smallest absolute Gasteiger partial charge is 0.234 e. The number of nitrogens with zero attached hydrogens (tertiary/aromatic N) is 1. The van der Waals surface area contributed by atoms with E-state index in [0.717, 1.165) is 24.1 Å². The van der Waals surface area contributed by atoms with Gasteiger partial charge in [-0.05, 0) is 31.4 Å². The number of amides is 1. The molecule has 0 heterocycles. The summed E-state index contributed by atoms with van der Waals surface area (Å²) in [6.45, 7) is 2.56. The van der Waals surface area contributed by atoms with Crippen LogP contribution in [-0.4, -0.2) is 22.9 Å². The van der Waals surface area contributed by atoms with E-state index in [2.05, 4.69) is 4.90 Å². The van der Waals surface area contributed by atoms with Crippen molar-refractivity contribution in [1.29, 1.82) is 0 Å². The van der Waals surface area contributed by atoms with Crippen LogP contribution in [0.5, 0.6) is 0 Å². The molecule has 2 rings (SSSR count). The largest absolute Gasteiger partial charge is 0.398 e. The number of rotatable bonds is 5. The Balaban J connectivity index is 2.13. The van der Waals surface area contributed by atoms with Gasteiger partial charge in [-0.15, -0.1) is 0 Å². The second-order valence-electron chi connectivity index (χ2n) is 4.68. The number of hydrogen-bond acceptors (Lipinski definition) is 3. The van der Waals surface area contributed by atoms with Gasteiger partial charge in [-0.3, -0.25) is 9.69 Å². The molecule has 1 aliphatic carbocycles. The van der Waals surface area contributed by atoms with E-state index in [1.54, 1.807) is 0 Å². The number of para-hydroxylation sites is 1. The molecule has 1 amide bonds. The third kappa shape index (κ3) is 2.77. The Labute approximate surface area is 102 Å². The maximum atomic E-state index is 11.3. The molecule has 0 saturated heterocycles. The second-order valence-corrected chi connectivity index (χ2v) is 4.68. The summed E-state index contributed by atoms with van der Waals surface area (Å²) in [5.41, 5.74) is 13.1. The summed E-state index contributed by atoms with van der Waals surface area (Å²) in [4.78, 5) is 13.4. The minimum absolute atomic E-state index is 0.234. The van der Waals surface area contributed by atoms with Gasteiger partial charge in [0.15, 0.2) is 0 Å². The standard InChI is InChI=1S/C13H19N3O/c1-9(13(15)17)16(11-6-7-11)8-10-4-2-3-5-12(10)14/h2-5,9,11H,6-8,14H2,1H3,(H2,15,17). The Morgan fingerprint density at radius 2 is 2.12 bits per heavy atom. The third-order valence-corrected chi connectivity index (χ3v) is 3.33. The molecule has 0 aliphatic heterocycles. The second kappa shape index (κ2) is 4.75. The van der Waals surface area contributed by atoms with E-state index in [0.29, 0.717) is 12.6 Å². The summed E-state index contributed by atoms with van der Waals surface area (Å²) >= 11 is 0. The van der Waals surface area contributed by atoms with Crippen LogP contribution in [-0.2, 0) is 11.3 Å². The molecule has 4 N–H and O–H groups in total. The summed E-state index contributed by atoms with van der Waals surface area (Å²) in [7, 11) is 0.